The van der Waals surface area contributed by atoms with Gasteiger partial charge >= 0.3 is 0 Å². The number of benzene rings is 1. The molecule has 0 aliphatic heterocycles. The minimum atomic E-state index is -0.244. The lowest BCUT2D eigenvalue weighted by Crippen LogP contribution is -2.22. The van der Waals surface area contributed by atoms with Crippen molar-refractivity contribution in [2.45, 2.75) is 18.7 Å². The molecule has 0 aromatic heterocycles. The molecule has 0 bridgehead atoms. The van der Waals surface area contributed by atoms with Crippen LogP contribution in [0.4, 0.5) is 4.39 Å². The molecule has 1 atom stereocenters. The Hall–Kier alpha value is -0.250. The highest BCUT2D eigenvalue weighted by molar-refractivity contribution is 7.99. The summed E-state index contributed by atoms with van der Waals surface area (Å²) >= 11 is 7.45. The van der Waals surface area contributed by atoms with Gasteiger partial charge in [-0.2, -0.15) is 11.8 Å². The summed E-state index contributed by atoms with van der Waals surface area (Å²) in [5.41, 5.74) is 0.660. The minimum Gasteiger partial charge on any atom is -0.311 e. The Morgan fingerprint density at radius 3 is 2.87 bits per heavy atom. The standard InChI is InChI=1S/C11H15ClFNS/c1-8(15-2)6-14-7-9-3-4-10(12)5-11(9)13/h3-5,8,14H,6-7H2,1-2H3. The fourth-order valence-corrected chi connectivity index (χ4v) is 1.60. The maximum Gasteiger partial charge on any atom is 0.129 e. The van der Waals surface area contributed by atoms with Crippen molar-refractivity contribution in [2.24, 2.45) is 0 Å². The summed E-state index contributed by atoms with van der Waals surface area (Å²) in [4.78, 5) is 0. The molecule has 0 fully saturated rings. The van der Waals surface area contributed by atoms with Gasteiger partial charge in [-0.15, -0.1) is 0 Å². The first-order valence-corrected chi connectivity index (χ1v) is 6.47. The molecule has 0 heterocycles. The van der Waals surface area contributed by atoms with Gasteiger partial charge in [-0.1, -0.05) is 24.6 Å². The average Bonchev–Trinajstić information content (AvgIpc) is 2.21. The van der Waals surface area contributed by atoms with Gasteiger partial charge in [0.25, 0.3) is 0 Å². The number of halogens is 2. The molecule has 0 aliphatic carbocycles. The molecule has 15 heavy (non-hydrogen) atoms. The van der Waals surface area contributed by atoms with Crippen molar-refractivity contribution < 1.29 is 4.39 Å². The number of hydrogen-bond donors (Lipinski definition) is 1. The molecule has 0 radical (unpaired) electrons. The zero-order valence-corrected chi connectivity index (χ0v) is 10.5. The van der Waals surface area contributed by atoms with Crippen LogP contribution in [-0.4, -0.2) is 18.1 Å². The van der Waals surface area contributed by atoms with Crippen molar-refractivity contribution >= 4 is 23.4 Å². The zero-order chi connectivity index (χ0) is 11.3. The molecule has 1 unspecified atom stereocenters. The van der Waals surface area contributed by atoms with Crippen LogP contribution in [0.15, 0.2) is 18.2 Å². The minimum absolute atomic E-state index is 0.244. The molecule has 0 saturated carbocycles. The van der Waals surface area contributed by atoms with Gasteiger partial charge in [0.05, 0.1) is 0 Å². The third kappa shape index (κ3) is 4.41. The van der Waals surface area contributed by atoms with Gasteiger partial charge in [0.15, 0.2) is 0 Å². The maximum absolute atomic E-state index is 13.3. The van der Waals surface area contributed by atoms with Crippen molar-refractivity contribution in [1.29, 1.82) is 0 Å². The fraction of sp³-hybridized carbons (Fsp3) is 0.455. The van der Waals surface area contributed by atoms with Crippen molar-refractivity contribution in [3.8, 4) is 0 Å². The lowest BCUT2D eigenvalue weighted by atomic mass is 10.2. The summed E-state index contributed by atoms with van der Waals surface area (Å²) in [6.07, 6.45) is 2.06. The van der Waals surface area contributed by atoms with Crippen molar-refractivity contribution in [1.82, 2.24) is 5.32 Å². The molecule has 0 aliphatic rings. The van der Waals surface area contributed by atoms with Crippen LogP contribution >= 0.6 is 23.4 Å². The topological polar surface area (TPSA) is 12.0 Å². The van der Waals surface area contributed by atoms with E-state index in [4.69, 9.17) is 11.6 Å². The van der Waals surface area contributed by atoms with Crippen LogP contribution in [0.2, 0.25) is 5.02 Å². The average molecular weight is 248 g/mol. The van der Waals surface area contributed by atoms with Crippen LogP contribution in [-0.2, 0) is 6.54 Å². The van der Waals surface area contributed by atoms with Gasteiger partial charge < -0.3 is 5.32 Å². The highest BCUT2D eigenvalue weighted by atomic mass is 35.5. The molecule has 0 amide bonds. The van der Waals surface area contributed by atoms with Gasteiger partial charge in [-0.05, 0) is 18.4 Å². The van der Waals surface area contributed by atoms with Gasteiger partial charge in [-0.3, -0.25) is 0 Å². The molecule has 84 valence electrons. The first-order valence-electron chi connectivity index (χ1n) is 4.81. The summed E-state index contributed by atoms with van der Waals surface area (Å²) in [6, 6.07) is 4.77. The molecule has 1 aromatic carbocycles. The Morgan fingerprint density at radius 2 is 2.27 bits per heavy atom. The maximum atomic E-state index is 13.3. The first kappa shape index (κ1) is 12.8. The molecule has 0 spiro atoms. The van der Waals surface area contributed by atoms with Crippen LogP contribution in [0.25, 0.3) is 0 Å². The summed E-state index contributed by atoms with van der Waals surface area (Å²) < 4.78 is 13.3. The Kier molecular flexibility index (Phi) is 5.43. The van der Waals surface area contributed by atoms with E-state index in [0.717, 1.165) is 6.54 Å². The van der Waals surface area contributed by atoms with E-state index in [1.54, 1.807) is 23.9 Å². The van der Waals surface area contributed by atoms with Crippen LogP contribution in [0.3, 0.4) is 0 Å². The second-order valence-corrected chi connectivity index (χ2v) is 5.13. The molecule has 0 saturated heterocycles. The predicted octanol–water partition coefficient (Wildman–Crippen LogP) is 3.32. The van der Waals surface area contributed by atoms with Gasteiger partial charge in [-0.25, -0.2) is 4.39 Å². The third-order valence-electron chi connectivity index (χ3n) is 2.16. The molecule has 4 heteroatoms. The molecule has 1 N–H and O–H groups in total. The quantitative estimate of drug-likeness (QED) is 0.857. The van der Waals surface area contributed by atoms with Crippen LogP contribution < -0.4 is 5.32 Å². The highest BCUT2D eigenvalue weighted by Gasteiger charge is 2.03. The van der Waals surface area contributed by atoms with Crippen LogP contribution in [0.1, 0.15) is 12.5 Å². The smallest absolute Gasteiger partial charge is 0.129 e. The first-order chi connectivity index (χ1) is 7.13. The zero-order valence-electron chi connectivity index (χ0n) is 8.89. The summed E-state index contributed by atoms with van der Waals surface area (Å²) in [6.45, 7) is 3.56. The second kappa shape index (κ2) is 6.36. The third-order valence-corrected chi connectivity index (χ3v) is 3.37. The SMILES string of the molecule is CSC(C)CNCc1ccc(Cl)cc1F. The lowest BCUT2D eigenvalue weighted by molar-refractivity contribution is 0.588. The van der Waals surface area contributed by atoms with Gasteiger partial charge in [0.2, 0.25) is 0 Å². The number of nitrogens with one attached hydrogen (secondary N) is 1. The van der Waals surface area contributed by atoms with Crippen molar-refractivity contribution in [3.05, 3.63) is 34.6 Å². The van der Waals surface area contributed by atoms with E-state index >= 15 is 0 Å². The van der Waals surface area contributed by atoms with Crippen molar-refractivity contribution in [3.63, 3.8) is 0 Å². The number of hydrogen-bond acceptors (Lipinski definition) is 2. The van der Waals surface area contributed by atoms with E-state index in [1.807, 2.05) is 0 Å². The summed E-state index contributed by atoms with van der Waals surface area (Å²) in [7, 11) is 0. The van der Waals surface area contributed by atoms with E-state index in [1.165, 1.54) is 6.07 Å². The molecule has 1 aromatic rings. The highest BCUT2D eigenvalue weighted by Crippen LogP contribution is 2.14. The molecular weight excluding hydrogens is 233 g/mol. The lowest BCUT2D eigenvalue weighted by Gasteiger charge is -2.10. The Morgan fingerprint density at radius 1 is 1.53 bits per heavy atom. The van der Waals surface area contributed by atoms with E-state index in [9.17, 15) is 4.39 Å². The van der Waals surface area contributed by atoms with E-state index in [-0.39, 0.29) is 5.82 Å². The molecular formula is C11H15ClFNS. The van der Waals surface area contributed by atoms with Crippen LogP contribution in [0, 0.1) is 5.82 Å². The Labute approximate surface area is 99.4 Å². The normalized spacial score (nSPS) is 12.8. The van der Waals surface area contributed by atoms with Gasteiger partial charge in [0.1, 0.15) is 5.82 Å². The molecule has 1 nitrogen and oxygen atoms in total. The van der Waals surface area contributed by atoms with E-state index < -0.39 is 0 Å². The monoisotopic (exact) mass is 247 g/mol. The Bertz CT molecular complexity index is 319. The van der Waals surface area contributed by atoms with E-state index in [2.05, 4.69) is 18.5 Å². The fourth-order valence-electron chi connectivity index (χ4n) is 1.16. The van der Waals surface area contributed by atoms with E-state index in [0.29, 0.717) is 22.4 Å². The number of thioether (sulfide) groups is 1. The van der Waals surface area contributed by atoms with Crippen LogP contribution in [0.5, 0.6) is 0 Å². The Balaban J connectivity index is 2.44. The number of rotatable bonds is 5. The van der Waals surface area contributed by atoms with Crippen molar-refractivity contribution in [2.75, 3.05) is 12.8 Å². The van der Waals surface area contributed by atoms with Gasteiger partial charge in [0, 0.05) is 28.9 Å². The molecule has 1 rings (SSSR count). The summed E-state index contributed by atoms with van der Waals surface area (Å²) in [5, 5.41) is 4.19. The summed E-state index contributed by atoms with van der Waals surface area (Å²) in [5.74, 6) is -0.244. The largest absolute Gasteiger partial charge is 0.311 e. The predicted molar refractivity (Wildman–Crippen MR) is 66.1 cm³/mol. The second-order valence-electron chi connectivity index (χ2n) is 3.41.